The second kappa shape index (κ2) is 23.4. The van der Waals surface area contributed by atoms with Gasteiger partial charge >= 0.3 is 36.0 Å². The SMILES string of the molecule is CC(C)(C)C(=O)[CH-]C(=O)C(F)(F)C(F)(F)C(F)(F)F.CC(C)(C)C(=O)[CH-]C(=O)C(F)(F)C(F)(F)C(F)(F)F.[O-]CC1OC(O)C(O)C(O)C1O.[O-]CC1OC(O)C(O)C(O)C1O.[Ti]. The van der Waals surface area contributed by atoms with E-state index in [1.54, 1.807) is 0 Å². The molecule has 0 radical (unpaired) electrons. The van der Waals surface area contributed by atoms with Gasteiger partial charge in [-0.05, 0) is 10.8 Å². The minimum atomic E-state index is -6.61. The standard InChI is InChI=1S/2C10H10F7O2.2C6H11O6.Ti/c2*1-7(2,3)5(18)4-6(19)8(11,12)9(13,14)10(15,16)17;2*7-1-2-3(8)4(9)5(10)6(11)12-2;/h2*4H,1-3H3;2*2-6,8-11H,1H2;/q4*-1;. The predicted molar refractivity (Wildman–Crippen MR) is 167 cm³/mol. The molecule has 0 aliphatic carbocycles. The summed E-state index contributed by atoms with van der Waals surface area (Å²) in [6.07, 6.45) is -28.7. The first-order chi connectivity index (χ1) is 27.2. The number of halogens is 14. The van der Waals surface area contributed by atoms with E-state index in [-0.39, 0.29) is 21.7 Å². The van der Waals surface area contributed by atoms with Gasteiger partial charge in [-0.15, -0.1) is 13.2 Å². The molecular formula is C32H42F14O16Ti-4. The number of hydrogen-bond donors (Lipinski definition) is 8. The molecule has 2 saturated heterocycles. The molecule has 0 spiro atoms. The molecule has 0 aromatic rings. The Morgan fingerprint density at radius 3 is 0.841 bits per heavy atom. The number of ketones is 4. The molecule has 2 aliphatic heterocycles. The van der Waals surface area contributed by atoms with Crippen LogP contribution in [0.25, 0.3) is 0 Å². The van der Waals surface area contributed by atoms with Crippen molar-refractivity contribution in [2.75, 3.05) is 13.2 Å². The van der Waals surface area contributed by atoms with Gasteiger partial charge in [0.1, 0.15) is 36.6 Å². The van der Waals surface area contributed by atoms with Crippen molar-refractivity contribution in [2.45, 2.75) is 139 Å². The summed E-state index contributed by atoms with van der Waals surface area (Å²) >= 11 is 0. The molecule has 2 heterocycles. The number of alkyl halides is 14. The zero-order valence-electron chi connectivity index (χ0n) is 33.0. The number of aliphatic hydroxyl groups is 8. The van der Waals surface area contributed by atoms with Gasteiger partial charge in [-0.25, -0.2) is 0 Å². The Hall–Kier alpha value is -2.33. The average molecular weight is 997 g/mol. The first-order valence-electron chi connectivity index (χ1n) is 16.7. The van der Waals surface area contributed by atoms with Crippen molar-refractivity contribution in [1.82, 2.24) is 0 Å². The van der Waals surface area contributed by atoms with Gasteiger partial charge in [0.15, 0.2) is 12.6 Å². The number of Topliss-reactive ketones (excluding diaryl/α,β-unsaturated/α-hetero) is 4. The molecule has 0 saturated carbocycles. The molecule has 372 valence electrons. The molecule has 2 aliphatic rings. The Balaban J connectivity index is -0.000000773. The van der Waals surface area contributed by atoms with Crippen molar-refractivity contribution >= 4 is 23.1 Å². The van der Waals surface area contributed by atoms with Crippen molar-refractivity contribution in [3.8, 4) is 0 Å². The van der Waals surface area contributed by atoms with E-state index in [4.69, 9.17) is 40.9 Å². The molecule has 16 nitrogen and oxygen atoms in total. The third kappa shape index (κ3) is 16.5. The maximum absolute atomic E-state index is 12.8. The summed E-state index contributed by atoms with van der Waals surface area (Å²) in [5.41, 5.74) is -2.72. The molecule has 0 amide bonds. The summed E-state index contributed by atoms with van der Waals surface area (Å²) in [6.45, 7) is 5.53. The van der Waals surface area contributed by atoms with Crippen LogP contribution in [0, 0.1) is 23.7 Å². The average Bonchev–Trinajstić information content (AvgIpc) is 3.11. The number of carbonyl (C=O) groups is 4. The van der Waals surface area contributed by atoms with Crippen LogP contribution in [0.1, 0.15) is 41.5 Å². The fraction of sp³-hybridized carbons (Fsp3) is 0.812. The van der Waals surface area contributed by atoms with Crippen molar-refractivity contribution in [2.24, 2.45) is 10.8 Å². The van der Waals surface area contributed by atoms with E-state index in [9.17, 15) is 90.9 Å². The fourth-order valence-electron chi connectivity index (χ4n) is 3.66. The largest absolute Gasteiger partial charge is 0.853 e. The van der Waals surface area contributed by atoms with Gasteiger partial charge in [0.05, 0.1) is 23.8 Å². The van der Waals surface area contributed by atoms with Crippen LogP contribution in [0.5, 0.6) is 0 Å². The third-order valence-corrected chi connectivity index (χ3v) is 7.83. The summed E-state index contributed by atoms with van der Waals surface area (Å²) in [5.74, 6) is -33.5. The van der Waals surface area contributed by atoms with Crippen LogP contribution >= 0.6 is 0 Å². The first-order valence-corrected chi connectivity index (χ1v) is 16.7. The minimum Gasteiger partial charge on any atom is -0.853 e. The Bertz CT molecular complexity index is 1370. The van der Waals surface area contributed by atoms with E-state index in [0.717, 1.165) is 0 Å². The van der Waals surface area contributed by atoms with E-state index >= 15 is 0 Å². The van der Waals surface area contributed by atoms with Crippen molar-refractivity contribution in [3.05, 3.63) is 12.8 Å². The summed E-state index contributed by atoms with van der Waals surface area (Å²) in [7, 11) is 0. The van der Waals surface area contributed by atoms with E-state index in [1.807, 2.05) is 0 Å². The smallest absolute Gasteiger partial charge is 0.460 e. The Labute approximate surface area is 361 Å². The van der Waals surface area contributed by atoms with E-state index in [2.05, 4.69) is 9.47 Å². The van der Waals surface area contributed by atoms with Gasteiger partial charge in [0.25, 0.3) is 0 Å². The van der Waals surface area contributed by atoms with E-state index in [0.29, 0.717) is 0 Å². The second-order valence-electron chi connectivity index (χ2n) is 14.9. The van der Waals surface area contributed by atoms with Crippen molar-refractivity contribution < 1.29 is 163 Å². The summed E-state index contributed by atoms with van der Waals surface area (Å²) in [6, 6.07) is 0. The van der Waals surface area contributed by atoms with Gasteiger partial charge in [0.2, 0.25) is 0 Å². The first kappa shape index (κ1) is 65.0. The minimum absolute atomic E-state index is 0. The quantitative estimate of drug-likeness (QED) is 0.0547. The molecule has 8 N–H and O–H groups in total. The van der Waals surface area contributed by atoms with Gasteiger partial charge in [-0.3, -0.25) is 12.8 Å². The molecule has 10 atom stereocenters. The maximum atomic E-state index is 12.8. The van der Waals surface area contributed by atoms with Crippen molar-refractivity contribution in [3.63, 3.8) is 0 Å². The number of carbonyl (C=O) groups excluding carboxylic acids is 4. The van der Waals surface area contributed by atoms with Crippen LogP contribution in [-0.4, -0.2) is 175 Å². The van der Waals surface area contributed by atoms with Crippen LogP contribution in [0.2, 0.25) is 0 Å². The summed E-state index contributed by atoms with van der Waals surface area (Å²) in [5, 5.41) is 92.5. The molecule has 10 unspecified atom stereocenters. The Morgan fingerprint density at radius 2 is 0.667 bits per heavy atom. The number of ether oxygens (including phenoxy) is 2. The fourth-order valence-corrected chi connectivity index (χ4v) is 3.66. The van der Waals surface area contributed by atoms with Gasteiger partial charge in [-0.2, -0.15) is 61.5 Å². The van der Waals surface area contributed by atoms with Gasteiger partial charge in [-0.1, -0.05) is 41.5 Å². The van der Waals surface area contributed by atoms with Crippen LogP contribution in [0.3, 0.4) is 0 Å². The zero-order valence-corrected chi connectivity index (χ0v) is 34.5. The molecular weight excluding hydrogens is 954 g/mol. The monoisotopic (exact) mass is 996 g/mol. The van der Waals surface area contributed by atoms with E-state index in [1.165, 1.54) is 41.5 Å². The zero-order chi connectivity index (χ0) is 50.3. The van der Waals surface area contributed by atoms with Crippen LogP contribution < -0.4 is 10.2 Å². The van der Waals surface area contributed by atoms with Crippen LogP contribution in [0.4, 0.5) is 61.5 Å². The number of rotatable bonds is 10. The Morgan fingerprint density at radius 1 is 0.444 bits per heavy atom. The van der Waals surface area contributed by atoms with Crippen LogP contribution in [-0.2, 0) is 50.4 Å². The van der Waals surface area contributed by atoms with Crippen molar-refractivity contribution in [1.29, 1.82) is 0 Å². The second-order valence-corrected chi connectivity index (χ2v) is 14.9. The molecule has 31 heteroatoms. The molecule has 0 bridgehead atoms. The third-order valence-electron chi connectivity index (χ3n) is 7.83. The molecule has 63 heavy (non-hydrogen) atoms. The molecule has 2 rings (SSSR count). The van der Waals surface area contributed by atoms with Gasteiger partial charge < -0.3 is 79.7 Å². The number of aliphatic hydroxyl groups excluding tert-OH is 8. The summed E-state index contributed by atoms with van der Waals surface area (Å²) in [4.78, 5) is 43.9. The van der Waals surface area contributed by atoms with Crippen LogP contribution in [0.15, 0.2) is 0 Å². The molecule has 0 aromatic heterocycles. The predicted octanol–water partition coefficient (Wildman–Crippen LogP) is -1.29. The summed E-state index contributed by atoms with van der Waals surface area (Å²) < 4.78 is 181. The Kier molecular flexibility index (Phi) is 24.1. The topological polar surface area (TPSA) is 295 Å². The van der Waals surface area contributed by atoms with Gasteiger partial charge in [0, 0.05) is 33.3 Å². The maximum Gasteiger partial charge on any atom is 0.460 e. The molecule has 2 fully saturated rings. The van der Waals surface area contributed by atoms with E-state index < -0.39 is 157 Å². The molecule has 0 aromatic carbocycles. The number of hydrogen-bond acceptors (Lipinski definition) is 16. The normalized spacial score (nSPS) is 27.3.